The maximum Gasteiger partial charge on any atom is 0.252 e. The Morgan fingerprint density at radius 2 is 2.30 bits per heavy atom. The number of piperazine rings is 1. The molecule has 2 heterocycles. The molecule has 5 nitrogen and oxygen atoms in total. The van der Waals surface area contributed by atoms with Crippen molar-refractivity contribution in [1.82, 2.24) is 14.9 Å². The van der Waals surface area contributed by atoms with Gasteiger partial charge in [0.2, 0.25) is 0 Å². The molecule has 1 aliphatic heterocycles. The van der Waals surface area contributed by atoms with Gasteiger partial charge in [-0.3, -0.25) is 0 Å². The number of nitrogens with zero attached hydrogens (tertiary/aromatic N) is 1. The fourth-order valence-corrected chi connectivity index (χ4v) is 5.24. The lowest BCUT2D eigenvalue weighted by molar-refractivity contribution is 0.265. The zero-order valence-electron chi connectivity index (χ0n) is 11.4. The largest absolute Gasteiger partial charge is 0.312 e. The maximum absolute atomic E-state index is 12.5. The molecule has 2 N–H and O–H groups in total. The molecule has 112 valence electrons. The van der Waals surface area contributed by atoms with Crippen LogP contribution in [0.15, 0.2) is 21.7 Å². The molecule has 2 fully saturated rings. The minimum absolute atomic E-state index is 0.207. The van der Waals surface area contributed by atoms with Gasteiger partial charge in [0.15, 0.2) is 0 Å². The van der Waals surface area contributed by atoms with Crippen molar-refractivity contribution >= 4 is 21.4 Å². The number of hydrogen-bond acceptors (Lipinski definition) is 5. The van der Waals surface area contributed by atoms with E-state index in [1.54, 1.807) is 16.4 Å². The van der Waals surface area contributed by atoms with E-state index >= 15 is 0 Å². The Morgan fingerprint density at radius 1 is 1.45 bits per heavy atom. The first-order valence-corrected chi connectivity index (χ1v) is 9.48. The summed E-state index contributed by atoms with van der Waals surface area (Å²) in [6.07, 6.45) is 3.82. The van der Waals surface area contributed by atoms with E-state index in [-0.39, 0.29) is 6.04 Å². The predicted molar refractivity (Wildman–Crippen MR) is 80.5 cm³/mol. The highest BCUT2D eigenvalue weighted by atomic mass is 32.2. The van der Waals surface area contributed by atoms with Gasteiger partial charge in [-0.1, -0.05) is 12.5 Å². The first kappa shape index (κ1) is 14.5. The fraction of sp³-hybridized carbons (Fsp3) is 0.692. The van der Waals surface area contributed by atoms with Crippen molar-refractivity contribution in [3.05, 3.63) is 17.5 Å². The molecule has 3 rings (SSSR count). The third-order valence-corrected chi connectivity index (χ3v) is 7.30. The van der Waals surface area contributed by atoms with Gasteiger partial charge >= 0.3 is 0 Å². The molecule has 1 saturated heterocycles. The van der Waals surface area contributed by atoms with Crippen LogP contribution in [0.1, 0.15) is 19.3 Å². The smallest absolute Gasteiger partial charge is 0.252 e. The molecule has 1 unspecified atom stereocenters. The van der Waals surface area contributed by atoms with E-state index in [1.807, 2.05) is 5.38 Å². The summed E-state index contributed by atoms with van der Waals surface area (Å²) in [6, 6.07) is 4.32. The van der Waals surface area contributed by atoms with Gasteiger partial charge in [-0.05, 0) is 24.3 Å². The average molecular weight is 315 g/mol. The van der Waals surface area contributed by atoms with E-state index < -0.39 is 10.0 Å². The van der Waals surface area contributed by atoms with Crippen molar-refractivity contribution in [3.8, 4) is 0 Å². The second-order valence-corrected chi connectivity index (χ2v) is 8.59. The maximum atomic E-state index is 12.5. The number of hydrogen-bond donors (Lipinski definition) is 2. The molecule has 1 atom stereocenters. The van der Waals surface area contributed by atoms with Crippen LogP contribution in [0.3, 0.4) is 0 Å². The molecular formula is C13H21N3O2S2. The normalized spacial score (nSPS) is 25.5. The molecule has 0 radical (unpaired) electrons. The second-order valence-electron chi connectivity index (χ2n) is 5.48. The Bertz CT molecular complexity index is 526. The van der Waals surface area contributed by atoms with Crippen LogP contribution in [0.4, 0.5) is 0 Å². The van der Waals surface area contributed by atoms with Crippen LogP contribution in [0, 0.1) is 0 Å². The average Bonchev–Trinajstić information content (AvgIpc) is 2.92. The Balaban J connectivity index is 1.59. The fourth-order valence-electron chi connectivity index (χ4n) is 2.61. The van der Waals surface area contributed by atoms with Gasteiger partial charge in [0.25, 0.3) is 10.0 Å². The van der Waals surface area contributed by atoms with E-state index in [1.165, 1.54) is 30.6 Å². The summed E-state index contributed by atoms with van der Waals surface area (Å²) in [5, 5.41) is 8.73. The number of rotatable bonds is 5. The molecule has 0 spiro atoms. The number of sulfonamides is 1. The standard InChI is InChI=1S/C13H21N3O2S2/c17-20(18,13-5-2-8-19-13)16-7-6-14-12(10-16)9-15-11-3-1-4-11/h2,5,8,11-12,14-15H,1,3-4,6-7,9-10H2. The lowest BCUT2D eigenvalue weighted by Gasteiger charge is -2.35. The topological polar surface area (TPSA) is 61.4 Å². The Hall–Kier alpha value is -0.470. The molecule has 0 bridgehead atoms. The third-order valence-electron chi connectivity index (χ3n) is 4.07. The molecule has 0 aromatic carbocycles. The van der Waals surface area contributed by atoms with Crippen LogP contribution in [0.2, 0.25) is 0 Å². The summed E-state index contributed by atoms with van der Waals surface area (Å²) in [5.74, 6) is 0. The molecule has 2 aliphatic rings. The van der Waals surface area contributed by atoms with Crippen molar-refractivity contribution in [2.45, 2.75) is 35.6 Å². The molecule has 1 saturated carbocycles. The van der Waals surface area contributed by atoms with Gasteiger partial charge in [-0.15, -0.1) is 11.3 Å². The van der Waals surface area contributed by atoms with Crippen molar-refractivity contribution in [1.29, 1.82) is 0 Å². The third kappa shape index (κ3) is 3.07. The summed E-state index contributed by atoms with van der Waals surface area (Å²) >= 11 is 1.29. The number of thiophene rings is 1. The van der Waals surface area contributed by atoms with Crippen LogP contribution < -0.4 is 10.6 Å². The van der Waals surface area contributed by atoms with Crippen molar-refractivity contribution in [2.24, 2.45) is 0 Å². The molecule has 0 amide bonds. The van der Waals surface area contributed by atoms with Crippen molar-refractivity contribution in [2.75, 3.05) is 26.2 Å². The van der Waals surface area contributed by atoms with E-state index in [4.69, 9.17) is 0 Å². The van der Waals surface area contributed by atoms with E-state index in [2.05, 4.69) is 10.6 Å². The second kappa shape index (κ2) is 6.11. The molecule has 1 aromatic heterocycles. The summed E-state index contributed by atoms with van der Waals surface area (Å²) in [6.45, 7) is 2.68. The van der Waals surface area contributed by atoms with E-state index in [9.17, 15) is 8.42 Å². The highest BCUT2D eigenvalue weighted by Gasteiger charge is 2.31. The van der Waals surface area contributed by atoms with E-state index in [0.29, 0.717) is 23.3 Å². The Morgan fingerprint density at radius 3 is 2.95 bits per heavy atom. The SMILES string of the molecule is O=S(=O)(c1cccs1)N1CCNC(CNC2CCC2)C1. The van der Waals surface area contributed by atoms with Gasteiger partial charge in [0.05, 0.1) is 0 Å². The quantitative estimate of drug-likeness (QED) is 0.846. The zero-order chi connectivity index (χ0) is 14.0. The molecule has 20 heavy (non-hydrogen) atoms. The van der Waals surface area contributed by atoms with Gasteiger partial charge in [-0.25, -0.2) is 8.42 Å². The highest BCUT2D eigenvalue weighted by molar-refractivity contribution is 7.91. The summed E-state index contributed by atoms with van der Waals surface area (Å²) in [7, 11) is -3.30. The van der Waals surface area contributed by atoms with Crippen LogP contribution in [0.25, 0.3) is 0 Å². The zero-order valence-corrected chi connectivity index (χ0v) is 13.0. The van der Waals surface area contributed by atoms with Crippen LogP contribution in [-0.2, 0) is 10.0 Å². The summed E-state index contributed by atoms with van der Waals surface area (Å²) in [4.78, 5) is 0. The first-order chi connectivity index (χ1) is 9.66. The molecular weight excluding hydrogens is 294 g/mol. The van der Waals surface area contributed by atoms with Gasteiger partial charge in [-0.2, -0.15) is 4.31 Å². The predicted octanol–water partition coefficient (Wildman–Crippen LogP) is 0.853. The number of nitrogens with one attached hydrogen (secondary N) is 2. The van der Waals surface area contributed by atoms with Crippen LogP contribution in [0.5, 0.6) is 0 Å². The minimum atomic E-state index is -3.30. The van der Waals surface area contributed by atoms with E-state index in [0.717, 1.165) is 13.1 Å². The highest BCUT2D eigenvalue weighted by Crippen LogP contribution is 2.22. The van der Waals surface area contributed by atoms with Gasteiger partial charge in [0, 0.05) is 38.3 Å². The first-order valence-electron chi connectivity index (χ1n) is 7.17. The Labute approximate surface area is 124 Å². The van der Waals surface area contributed by atoms with Crippen molar-refractivity contribution in [3.63, 3.8) is 0 Å². The molecule has 7 heteroatoms. The van der Waals surface area contributed by atoms with Gasteiger partial charge in [0.1, 0.15) is 4.21 Å². The lowest BCUT2D eigenvalue weighted by Crippen LogP contribution is -2.56. The summed E-state index contributed by atoms with van der Waals surface area (Å²) in [5.41, 5.74) is 0. The summed E-state index contributed by atoms with van der Waals surface area (Å²) < 4.78 is 27.0. The minimum Gasteiger partial charge on any atom is -0.312 e. The van der Waals surface area contributed by atoms with Crippen molar-refractivity contribution < 1.29 is 8.42 Å². The van der Waals surface area contributed by atoms with Gasteiger partial charge < -0.3 is 10.6 Å². The van der Waals surface area contributed by atoms with Crippen LogP contribution in [-0.4, -0.2) is 51.0 Å². The Kier molecular flexibility index (Phi) is 4.42. The lowest BCUT2D eigenvalue weighted by atomic mass is 9.93. The van der Waals surface area contributed by atoms with Crippen LogP contribution >= 0.6 is 11.3 Å². The molecule has 1 aromatic rings. The monoisotopic (exact) mass is 315 g/mol. The molecule has 1 aliphatic carbocycles.